The van der Waals surface area contributed by atoms with Crippen molar-refractivity contribution in [3.63, 3.8) is 0 Å². The van der Waals surface area contributed by atoms with Gasteiger partial charge in [0.25, 0.3) is 0 Å². The topological polar surface area (TPSA) is 59.3 Å². The van der Waals surface area contributed by atoms with Gasteiger partial charge in [0.2, 0.25) is 0 Å². The molecule has 0 aliphatic carbocycles. The van der Waals surface area contributed by atoms with Crippen LogP contribution in [-0.4, -0.2) is 63.3 Å². The van der Waals surface area contributed by atoms with Gasteiger partial charge in [0.15, 0.2) is 5.82 Å². The molecule has 1 aliphatic heterocycles. The summed E-state index contributed by atoms with van der Waals surface area (Å²) in [7, 11) is 1.74. The Morgan fingerprint density at radius 1 is 1.03 bits per heavy atom. The molecule has 3 aromatic rings. The van der Waals surface area contributed by atoms with Gasteiger partial charge in [-0.3, -0.25) is 9.80 Å². The van der Waals surface area contributed by atoms with E-state index >= 15 is 0 Å². The molecule has 1 saturated heterocycles. The van der Waals surface area contributed by atoms with Crippen LogP contribution in [0.2, 0.25) is 0 Å². The van der Waals surface area contributed by atoms with Crippen LogP contribution < -0.4 is 17.1 Å². The van der Waals surface area contributed by atoms with E-state index in [0.29, 0.717) is 5.92 Å². The average molecular weight is 476 g/mol. The van der Waals surface area contributed by atoms with Crippen molar-refractivity contribution in [3.8, 4) is 5.75 Å². The molecule has 1 unspecified atom stereocenters. The minimum atomic E-state index is 0. The lowest BCUT2D eigenvalue weighted by molar-refractivity contribution is -0.00000703. The van der Waals surface area contributed by atoms with Gasteiger partial charge in [-0.05, 0) is 40.3 Å². The highest BCUT2D eigenvalue weighted by Gasteiger charge is 2.30. The number of halogens is 1. The molecule has 174 valence electrons. The zero-order chi connectivity index (χ0) is 21.6. The molecule has 0 spiro atoms. The Morgan fingerprint density at radius 3 is 2.50 bits per heavy atom. The van der Waals surface area contributed by atoms with Gasteiger partial charge in [0.05, 0.1) is 19.7 Å². The number of tetrazole rings is 1. The summed E-state index contributed by atoms with van der Waals surface area (Å²) in [4.78, 5) is 6.35. The molecule has 0 bridgehead atoms. The lowest BCUT2D eigenvalue weighted by Crippen LogP contribution is -3.00. The monoisotopic (exact) mass is 475 g/mol. The standard InChI is InChI=1S/C23H32N6OS.ClH/c1-18(2)15-21(23-24-25-26-29(23)17-20-8-6-14-31-20)28-12-10-27(11-13-28)16-19-7-4-5-9-22(19)30-3;/h4-9,14,18,21H,10-13,15-17H2,1-3H3;1H/p-1. The Bertz CT molecular complexity index is 940. The molecular formula is C23H32ClN6OS-. The summed E-state index contributed by atoms with van der Waals surface area (Å²) in [5, 5.41) is 14.9. The summed E-state index contributed by atoms with van der Waals surface area (Å²) in [6, 6.07) is 12.8. The van der Waals surface area contributed by atoms with E-state index in [0.717, 1.165) is 57.3 Å². The second-order valence-electron chi connectivity index (χ2n) is 8.54. The first kappa shape index (κ1) is 24.6. The van der Waals surface area contributed by atoms with Crippen molar-refractivity contribution in [2.45, 2.75) is 39.4 Å². The van der Waals surface area contributed by atoms with Crippen LogP contribution in [0.4, 0.5) is 0 Å². The molecule has 3 heterocycles. The highest BCUT2D eigenvalue weighted by molar-refractivity contribution is 7.09. The van der Waals surface area contributed by atoms with E-state index in [1.54, 1.807) is 18.4 Å². The minimum absolute atomic E-state index is 0. The Balaban J connectivity index is 0.00000289. The number of thiophene rings is 1. The van der Waals surface area contributed by atoms with Gasteiger partial charge in [-0.15, -0.1) is 16.4 Å². The van der Waals surface area contributed by atoms with Gasteiger partial charge in [0, 0.05) is 43.2 Å². The summed E-state index contributed by atoms with van der Waals surface area (Å²) in [6.45, 7) is 10.3. The predicted molar refractivity (Wildman–Crippen MR) is 123 cm³/mol. The van der Waals surface area contributed by atoms with E-state index in [1.165, 1.54) is 10.4 Å². The second-order valence-corrected chi connectivity index (χ2v) is 9.58. The number of piperazine rings is 1. The molecule has 1 atom stereocenters. The van der Waals surface area contributed by atoms with Crippen LogP contribution in [0, 0.1) is 5.92 Å². The second kappa shape index (κ2) is 11.7. The number of ether oxygens (including phenoxy) is 1. The zero-order valence-corrected chi connectivity index (χ0v) is 20.6. The van der Waals surface area contributed by atoms with Crippen molar-refractivity contribution >= 4 is 11.3 Å². The molecule has 32 heavy (non-hydrogen) atoms. The molecule has 1 aliphatic rings. The summed E-state index contributed by atoms with van der Waals surface area (Å²) < 4.78 is 7.52. The van der Waals surface area contributed by atoms with E-state index in [1.807, 2.05) is 16.8 Å². The molecule has 0 N–H and O–H groups in total. The number of nitrogens with zero attached hydrogens (tertiary/aromatic N) is 6. The smallest absolute Gasteiger partial charge is 0.168 e. The van der Waals surface area contributed by atoms with Crippen LogP contribution >= 0.6 is 11.3 Å². The molecule has 4 rings (SSSR count). The molecule has 1 fully saturated rings. The van der Waals surface area contributed by atoms with Gasteiger partial charge >= 0.3 is 0 Å². The fourth-order valence-corrected chi connectivity index (χ4v) is 4.97. The molecule has 2 aromatic heterocycles. The third-order valence-electron chi connectivity index (χ3n) is 5.87. The van der Waals surface area contributed by atoms with Gasteiger partial charge in [-0.25, -0.2) is 4.68 Å². The molecule has 1 aromatic carbocycles. The number of benzene rings is 1. The maximum atomic E-state index is 5.53. The number of aromatic nitrogens is 4. The molecular weight excluding hydrogens is 444 g/mol. The zero-order valence-electron chi connectivity index (χ0n) is 19.0. The van der Waals surface area contributed by atoms with Crippen LogP contribution in [0.25, 0.3) is 0 Å². The van der Waals surface area contributed by atoms with Crippen LogP contribution in [-0.2, 0) is 13.1 Å². The Hall–Kier alpha value is -2.00. The maximum absolute atomic E-state index is 5.53. The SMILES string of the molecule is COc1ccccc1CN1CCN(C(CC(C)C)c2nnnn2Cc2cccs2)CC1.[Cl-]. The first-order valence-corrected chi connectivity index (χ1v) is 11.9. The molecule has 0 amide bonds. The third kappa shape index (κ3) is 6.07. The van der Waals surface area contributed by atoms with Crippen molar-refractivity contribution in [1.29, 1.82) is 0 Å². The number of methoxy groups -OCH3 is 1. The van der Waals surface area contributed by atoms with E-state index < -0.39 is 0 Å². The van der Waals surface area contributed by atoms with E-state index in [4.69, 9.17) is 4.74 Å². The van der Waals surface area contributed by atoms with Crippen LogP contribution in [0.3, 0.4) is 0 Å². The molecule has 7 nitrogen and oxygen atoms in total. The highest BCUT2D eigenvalue weighted by atomic mass is 35.5. The summed E-state index contributed by atoms with van der Waals surface area (Å²) in [5.74, 6) is 2.53. The largest absolute Gasteiger partial charge is 1.00 e. The van der Waals surface area contributed by atoms with Gasteiger partial charge in [0.1, 0.15) is 5.75 Å². The third-order valence-corrected chi connectivity index (χ3v) is 6.73. The summed E-state index contributed by atoms with van der Waals surface area (Å²) >= 11 is 1.75. The van der Waals surface area contributed by atoms with Crippen LogP contribution in [0.1, 0.15) is 42.6 Å². The van der Waals surface area contributed by atoms with E-state index in [2.05, 4.69) is 68.8 Å². The average Bonchev–Trinajstić information content (AvgIpc) is 3.46. The Labute approximate surface area is 200 Å². The van der Waals surface area contributed by atoms with Crippen molar-refractivity contribution in [2.75, 3.05) is 33.3 Å². The van der Waals surface area contributed by atoms with Crippen molar-refractivity contribution in [3.05, 3.63) is 58.0 Å². The van der Waals surface area contributed by atoms with E-state index in [9.17, 15) is 0 Å². The maximum Gasteiger partial charge on any atom is 0.168 e. The highest BCUT2D eigenvalue weighted by Crippen LogP contribution is 2.28. The Kier molecular flexibility index (Phi) is 9.04. The lowest BCUT2D eigenvalue weighted by Gasteiger charge is -2.39. The number of hydrogen-bond donors (Lipinski definition) is 0. The van der Waals surface area contributed by atoms with Crippen LogP contribution in [0.15, 0.2) is 41.8 Å². The predicted octanol–water partition coefficient (Wildman–Crippen LogP) is 0.701. The first-order valence-electron chi connectivity index (χ1n) is 11.0. The van der Waals surface area contributed by atoms with Crippen molar-refractivity contribution in [1.82, 2.24) is 30.0 Å². The van der Waals surface area contributed by atoms with E-state index in [-0.39, 0.29) is 18.4 Å². The summed E-state index contributed by atoms with van der Waals surface area (Å²) in [6.07, 6.45) is 1.05. The van der Waals surface area contributed by atoms with Gasteiger partial charge in [-0.1, -0.05) is 38.1 Å². The Morgan fingerprint density at radius 2 is 1.81 bits per heavy atom. The number of rotatable bonds is 9. The molecule has 0 saturated carbocycles. The number of hydrogen-bond acceptors (Lipinski definition) is 7. The fourth-order valence-electron chi connectivity index (χ4n) is 4.28. The van der Waals surface area contributed by atoms with Crippen molar-refractivity contribution < 1.29 is 17.1 Å². The van der Waals surface area contributed by atoms with Gasteiger partial charge < -0.3 is 17.1 Å². The normalized spacial score (nSPS) is 16.1. The molecule has 9 heteroatoms. The number of para-hydroxylation sites is 1. The van der Waals surface area contributed by atoms with Gasteiger partial charge in [-0.2, -0.15) is 0 Å². The van der Waals surface area contributed by atoms with Crippen LogP contribution in [0.5, 0.6) is 5.75 Å². The minimum Gasteiger partial charge on any atom is -1.00 e. The quantitative estimate of drug-likeness (QED) is 0.454. The first-order chi connectivity index (χ1) is 15.1. The lowest BCUT2D eigenvalue weighted by atomic mass is 10.0. The molecule has 0 radical (unpaired) electrons. The van der Waals surface area contributed by atoms with Crippen molar-refractivity contribution in [2.24, 2.45) is 5.92 Å². The fraction of sp³-hybridized carbons (Fsp3) is 0.522. The summed E-state index contributed by atoms with van der Waals surface area (Å²) in [5.41, 5.74) is 1.25.